The monoisotopic (exact) mass is 234 g/mol. The van der Waals surface area contributed by atoms with Crippen molar-refractivity contribution in [2.24, 2.45) is 5.92 Å². The fourth-order valence-electron chi connectivity index (χ4n) is 2.68. The average molecular weight is 234 g/mol. The van der Waals surface area contributed by atoms with Gasteiger partial charge in [-0.2, -0.15) is 0 Å². The molecule has 1 aliphatic carbocycles. The minimum Gasteiger partial charge on any atom is -0.398 e. The van der Waals surface area contributed by atoms with Crippen molar-refractivity contribution in [1.82, 2.24) is 4.98 Å². The molecule has 3 nitrogen and oxygen atoms in total. The van der Waals surface area contributed by atoms with Crippen LogP contribution in [0.5, 0.6) is 0 Å². The zero-order valence-electron chi connectivity index (χ0n) is 10.5. The third kappa shape index (κ3) is 3.19. The van der Waals surface area contributed by atoms with E-state index in [1.165, 1.54) is 6.42 Å². The molecule has 0 aliphatic heterocycles. The Morgan fingerprint density at radius 3 is 3.06 bits per heavy atom. The van der Waals surface area contributed by atoms with E-state index in [1.807, 2.05) is 0 Å². The highest BCUT2D eigenvalue weighted by molar-refractivity contribution is 5.45. The Kier molecular flexibility index (Phi) is 3.67. The average Bonchev–Trinajstić information content (AvgIpc) is 2.45. The number of rotatable bonds is 2. The molecule has 0 spiro atoms. The van der Waals surface area contributed by atoms with Crippen LogP contribution >= 0.6 is 0 Å². The van der Waals surface area contributed by atoms with Crippen molar-refractivity contribution < 1.29 is 5.11 Å². The quantitative estimate of drug-likeness (QED) is 0.773. The Morgan fingerprint density at radius 2 is 2.29 bits per heavy atom. The number of aromatic nitrogens is 1. The highest BCUT2D eigenvalue weighted by Crippen LogP contribution is 2.33. The van der Waals surface area contributed by atoms with Crippen LogP contribution in [-0.4, -0.2) is 15.7 Å². The van der Waals surface area contributed by atoms with E-state index >= 15 is 0 Å². The van der Waals surface area contributed by atoms with Gasteiger partial charge < -0.3 is 10.8 Å². The Bertz CT molecular complexity index is 380. The second-order valence-corrected chi connectivity index (χ2v) is 5.51. The predicted octanol–water partition coefficient (Wildman–Crippen LogP) is 2.54. The normalized spacial score (nSPS) is 29.9. The molecule has 0 saturated heterocycles. The molecule has 94 valence electrons. The largest absolute Gasteiger partial charge is 0.398 e. The first-order chi connectivity index (χ1) is 8.09. The molecule has 1 aliphatic rings. The summed E-state index contributed by atoms with van der Waals surface area (Å²) in [6.07, 6.45) is 9.31. The van der Waals surface area contributed by atoms with Crippen molar-refractivity contribution in [3.8, 4) is 0 Å². The zero-order chi connectivity index (χ0) is 12.3. The lowest BCUT2D eigenvalue weighted by Gasteiger charge is -2.27. The van der Waals surface area contributed by atoms with Gasteiger partial charge in [0, 0.05) is 24.5 Å². The van der Waals surface area contributed by atoms with E-state index in [0.717, 1.165) is 42.9 Å². The maximum Gasteiger partial charge on any atom is 0.0689 e. The van der Waals surface area contributed by atoms with Gasteiger partial charge in [0.25, 0.3) is 0 Å². The van der Waals surface area contributed by atoms with Crippen molar-refractivity contribution in [2.75, 3.05) is 5.73 Å². The van der Waals surface area contributed by atoms with Crippen LogP contribution in [0.25, 0.3) is 0 Å². The number of nitrogens with two attached hydrogens (primary N) is 1. The van der Waals surface area contributed by atoms with Crippen molar-refractivity contribution in [3.63, 3.8) is 0 Å². The van der Waals surface area contributed by atoms with Crippen LogP contribution in [0.3, 0.4) is 0 Å². The van der Waals surface area contributed by atoms with Crippen molar-refractivity contribution in [1.29, 1.82) is 0 Å². The lowest BCUT2D eigenvalue weighted by atomic mass is 9.87. The van der Waals surface area contributed by atoms with Crippen LogP contribution in [0.4, 0.5) is 5.69 Å². The molecule has 3 heteroatoms. The zero-order valence-corrected chi connectivity index (χ0v) is 10.5. The van der Waals surface area contributed by atoms with E-state index in [1.54, 1.807) is 18.5 Å². The lowest BCUT2D eigenvalue weighted by Crippen LogP contribution is -2.31. The number of aliphatic hydroxyl groups is 1. The van der Waals surface area contributed by atoms with Gasteiger partial charge >= 0.3 is 0 Å². The summed E-state index contributed by atoms with van der Waals surface area (Å²) in [6.45, 7) is 2.27. The minimum atomic E-state index is -0.581. The number of anilines is 1. The van der Waals surface area contributed by atoms with Crippen molar-refractivity contribution in [3.05, 3.63) is 24.0 Å². The molecule has 0 aromatic carbocycles. The predicted molar refractivity (Wildman–Crippen MR) is 69.6 cm³/mol. The second kappa shape index (κ2) is 5.05. The van der Waals surface area contributed by atoms with Crippen LogP contribution in [0.2, 0.25) is 0 Å². The number of hydrogen-bond acceptors (Lipinski definition) is 3. The first-order valence-electron chi connectivity index (χ1n) is 6.50. The maximum atomic E-state index is 10.7. The SMILES string of the molecule is CC1CCCC(O)(Cc2cnccc2N)CC1. The first-order valence-corrected chi connectivity index (χ1v) is 6.50. The summed E-state index contributed by atoms with van der Waals surface area (Å²) in [4.78, 5) is 4.09. The molecule has 1 fully saturated rings. The van der Waals surface area contributed by atoms with E-state index < -0.39 is 5.60 Å². The number of pyridine rings is 1. The molecule has 1 aromatic rings. The molecule has 17 heavy (non-hydrogen) atoms. The molecule has 2 rings (SSSR count). The van der Waals surface area contributed by atoms with E-state index in [9.17, 15) is 5.11 Å². The highest BCUT2D eigenvalue weighted by Gasteiger charge is 2.30. The van der Waals surface area contributed by atoms with Gasteiger partial charge in [0.1, 0.15) is 0 Å². The molecule has 0 amide bonds. The molecule has 2 unspecified atom stereocenters. The highest BCUT2D eigenvalue weighted by atomic mass is 16.3. The van der Waals surface area contributed by atoms with Gasteiger partial charge in [-0.3, -0.25) is 4.98 Å². The van der Waals surface area contributed by atoms with Gasteiger partial charge in [-0.15, -0.1) is 0 Å². The van der Waals surface area contributed by atoms with Crippen LogP contribution < -0.4 is 5.73 Å². The van der Waals surface area contributed by atoms with Gasteiger partial charge in [-0.1, -0.05) is 19.8 Å². The number of hydrogen-bond donors (Lipinski definition) is 2. The third-order valence-electron chi connectivity index (χ3n) is 3.90. The maximum absolute atomic E-state index is 10.7. The van der Waals surface area contributed by atoms with E-state index in [2.05, 4.69) is 11.9 Å². The van der Waals surface area contributed by atoms with Crippen LogP contribution in [0.15, 0.2) is 18.5 Å². The van der Waals surface area contributed by atoms with E-state index in [0.29, 0.717) is 6.42 Å². The fraction of sp³-hybridized carbons (Fsp3) is 0.643. The summed E-state index contributed by atoms with van der Waals surface area (Å²) in [5, 5.41) is 10.7. The second-order valence-electron chi connectivity index (χ2n) is 5.51. The Morgan fingerprint density at radius 1 is 1.47 bits per heavy atom. The first kappa shape index (κ1) is 12.4. The standard InChI is InChI=1S/C14H22N2O/c1-11-3-2-6-14(17,7-4-11)9-12-10-16-8-5-13(12)15/h5,8,10-11,17H,2-4,6-7,9H2,1H3,(H2,15,16). The van der Waals surface area contributed by atoms with Gasteiger partial charge in [-0.05, 0) is 36.8 Å². The minimum absolute atomic E-state index is 0.581. The van der Waals surface area contributed by atoms with Gasteiger partial charge in [0.15, 0.2) is 0 Å². The molecule has 1 aromatic heterocycles. The van der Waals surface area contributed by atoms with Crippen LogP contribution in [0, 0.1) is 5.92 Å². The summed E-state index contributed by atoms with van der Waals surface area (Å²) in [5.41, 5.74) is 7.05. The lowest BCUT2D eigenvalue weighted by molar-refractivity contribution is 0.0244. The summed E-state index contributed by atoms with van der Waals surface area (Å²) in [5.74, 6) is 0.732. The van der Waals surface area contributed by atoms with Crippen LogP contribution in [-0.2, 0) is 6.42 Å². The van der Waals surface area contributed by atoms with Crippen LogP contribution in [0.1, 0.15) is 44.6 Å². The van der Waals surface area contributed by atoms with E-state index in [-0.39, 0.29) is 0 Å². The Balaban J connectivity index is 2.09. The molecule has 1 heterocycles. The molecule has 2 atom stereocenters. The molecular weight excluding hydrogens is 212 g/mol. The summed E-state index contributed by atoms with van der Waals surface area (Å²) in [6, 6.07) is 1.80. The summed E-state index contributed by atoms with van der Waals surface area (Å²) < 4.78 is 0. The Labute approximate surface area is 103 Å². The molecule has 1 saturated carbocycles. The third-order valence-corrected chi connectivity index (χ3v) is 3.90. The van der Waals surface area contributed by atoms with Crippen molar-refractivity contribution in [2.45, 2.75) is 51.0 Å². The summed E-state index contributed by atoms with van der Waals surface area (Å²) in [7, 11) is 0. The van der Waals surface area contributed by atoms with Gasteiger partial charge in [0.05, 0.1) is 5.60 Å². The van der Waals surface area contributed by atoms with Gasteiger partial charge in [0.2, 0.25) is 0 Å². The topological polar surface area (TPSA) is 59.1 Å². The number of nitrogen functional groups attached to an aromatic ring is 1. The molecule has 0 bridgehead atoms. The smallest absolute Gasteiger partial charge is 0.0689 e. The Hall–Kier alpha value is -1.09. The molecular formula is C14H22N2O. The number of nitrogens with zero attached hydrogens (tertiary/aromatic N) is 1. The van der Waals surface area contributed by atoms with Crippen molar-refractivity contribution >= 4 is 5.69 Å². The molecule has 0 radical (unpaired) electrons. The summed E-state index contributed by atoms with van der Waals surface area (Å²) >= 11 is 0. The van der Waals surface area contributed by atoms with E-state index in [4.69, 9.17) is 5.73 Å². The fourth-order valence-corrected chi connectivity index (χ4v) is 2.68. The molecule has 3 N–H and O–H groups in total. The van der Waals surface area contributed by atoms with Gasteiger partial charge in [-0.25, -0.2) is 0 Å².